The molecule has 0 radical (unpaired) electrons. The molecule has 2 amide bonds. The maximum atomic E-state index is 13.7. The Morgan fingerprint density at radius 2 is 1.84 bits per heavy atom. The number of pyridine rings is 1. The molecule has 0 unspecified atom stereocenters. The Morgan fingerprint density at radius 1 is 1.05 bits per heavy atom. The van der Waals surface area contributed by atoms with E-state index in [1.165, 1.54) is 0 Å². The average Bonchev–Trinajstić information content (AvgIpc) is 3.47. The molecule has 2 aromatic heterocycles. The summed E-state index contributed by atoms with van der Waals surface area (Å²) in [5.41, 5.74) is 5.75. The van der Waals surface area contributed by atoms with E-state index < -0.39 is 0 Å². The molecule has 2 aliphatic heterocycles. The summed E-state index contributed by atoms with van der Waals surface area (Å²) in [4.78, 5) is 34.2. The minimum absolute atomic E-state index is 0.0386. The van der Waals surface area contributed by atoms with Crippen LogP contribution in [0.15, 0.2) is 48.5 Å². The third-order valence-corrected chi connectivity index (χ3v) is 6.91. The molecule has 0 saturated carbocycles. The third-order valence-electron chi connectivity index (χ3n) is 6.91. The lowest BCUT2D eigenvalue weighted by molar-refractivity contribution is 0.0737. The van der Waals surface area contributed by atoms with Crippen LogP contribution in [0.1, 0.15) is 37.5 Å². The van der Waals surface area contributed by atoms with Crippen molar-refractivity contribution in [1.82, 2.24) is 30.3 Å². The average molecular weight is 495 g/mol. The lowest BCUT2D eigenvalue weighted by Gasteiger charge is -2.27. The van der Waals surface area contributed by atoms with E-state index in [2.05, 4.69) is 15.5 Å². The maximum Gasteiger partial charge on any atom is 0.254 e. The molecule has 9 nitrogen and oxygen atoms in total. The van der Waals surface area contributed by atoms with Gasteiger partial charge in [0, 0.05) is 50.9 Å². The number of nitrogens with zero attached hydrogens (tertiary/aromatic N) is 4. The first-order valence-corrected chi connectivity index (χ1v) is 12.2. The van der Waals surface area contributed by atoms with Crippen molar-refractivity contribution < 1.29 is 14.7 Å². The molecule has 0 aliphatic carbocycles. The van der Waals surface area contributed by atoms with Gasteiger partial charge in [0.1, 0.15) is 5.75 Å². The quantitative estimate of drug-likeness (QED) is 0.402. The number of aromatic amines is 1. The van der Waals surface area contributed by atoms with Gasteiger partial charge in [-0.1, -0.05) is 12.1 Å². The fourth-order valence-electron chi connectivity index (χ4n) is 4.92. The topological polar surface area (TPSA) is 114 Å². The number of phenols is 1. The summed E-state index contributed by atoms with van der Waals surface area (Å²) in [5, 5.41) is 21.1. The number of benzene rings is 2. The lowest BCUT2D eigenvalue weighted by Crippen LogP contribution is -2.46. The van der Waals surface area contributed by atoms with Gasteiger partial charge < -0.3 is 20.2 Å². The number of phenolic OH excluding ortho intramolecular Hbond substituents is 1. The highest BCUT2D eigenvalue weighted by Crippen LogP contribution is 2.29. The molecule has 4 heterocycles. The number of hydrogen-bond acceptors (Lipinski definition) is 6. The number of amides is 2. The zero-order valence-corrected chi connectivity index (χ0v) is 20.4. The molecular formula is C28H26N6O3. The SMILES string of the molecule is CN1Cc2cc(/C=C/c3[nH]nc4nc(-c5ccc(O)cc5)cc(C(=O)N5CCNCC5)c34)ccc2C1=O. The van der Waals surface area contributed by atoms with Crippen LogP contribution in [0.3, 0.4) is 0 Å². The molecule has 0 atom stereocenters. The Labute approximate surface area is 213 Å². The summed E-state index contributed by atoms with van der Waals surface area (Å²) < 4.78 is 0. The molecule has 0 bridgehead atoms. The number of nitrogens with one attached hydrogen (secondary N) is 2. The number of carbonyl (C=O) groups is 2. The first-order chi connectivity index (χ1) is 18.0. The number of piperazine rings is 1. The molecule has 2 aliphatic rings. The Balaban J connectivity index is 1.42. The summed E-state index contributed by atoms with van der Waals surface area (Å²) in [6, 6.07) is 14.3. The molecule has 186 valence electrons. The third kappa shape index (κ3) is 4.23. The number of fused-ring (bicyclic) bond motifs is 2. The fraction of sp³-hybridized carbons (Fsp3) is 0.214. The number of aromatic nitrogens is 3. The molecule has 1 fully saturated rings. The van der Waals surface area contributed by atoms with Crippen molar-refractivity contribution in [1.29, 1.82) is 0 Å². The maximum absolute atomic E-state index is 13.7. The van der Waals surface area contributed by atoms with Crippen LogP contribution in [0.25, 0.3) is 34.4 Å². The van der Waals surface area contributed by atoms with E-state index in [1.54, 1.807) is 36.2 Å². The van der Waals surface area contributed by atoms with Gasteiger partial charge in [-0.25, -0.2) is 4.98 Å². The summed E-state index contributed by atoms with van der Waals surface area (Å²) in [5.74, 6) is 0.137. The monoisotopic (exact) mass is 494 g/mol. The molecule has 0 spiro atoms. The predicted octanol–water partition coefficient (Wildman–Crippen LogP) is 3.13. The molecule has 3 N–H and O–H groups in total. The highest BCUT2D eigenvalue weighted by Gasteiger charge is 2.25. The van der Waals surface area contributed by atoms with Crippen molar-refractivity contribution >= 4 is 35.0 Å². The molecule has 4 aromatic rings. The van der Waals surface area contributed by atoms with Gasteiger partial charge >= 0.3 is 0 Å². The van der Waals surface area contributed by atoms with E-state index in [0.717, 1.165) is 35.3 Å². The van der Waals surface area contributed by atoms with Crippen molar-refractivity contribution in [3.05, 3.63) is 76.5 Å². The van der Waals surface area contributed by atoms with Crippen molar-refractivity contribution in [3.63, 3.8) is 0 Å². The first kappa shape index (κ1) is 22.9. The number of rotatable bonds is 4. The zero-order valence-electron chi connectivity index (χ0n) is 20.4. The Bertz CT molecular complexity index is 1550. The van der Waals surface area contributed by atoms with Crippen molar-refractivity contribution in [3.8, 4) is 17.0 Å². The smallest absolute Gasteiger partial charge is 0.254 e. The molecule has 6 rings (SSSR count). The van der Waals surface area contributed by atoms with Crippen molar-refractivity contribution in [2.24, 2.45) is 0 Å². The van der Waals surface area contributed by atoms with Crippen LogP contribution in [-0.4, -0.2) is 75.1 Å². The van der Waals surface area contributed by atoms with E-state index in [1.807, 2.05) is 41.3 Å². The number of aromatic hydroxyl groups is 1. The van der Waals surface area contributed by atoms with Crippen LogP contribution in [0.4, 0.5) is 0 Å². The van der Waals surface area contributed by atoms with E-state index >= 15 is 0 Å². The first-order valence-electron chi connectivity index (χ1n) is 12.2. The van der Waals surface area contributed by atoms with Gasteiger partial charge in [-0.3, -0.25) is 14.7 Å². The fourth-order valence-corrected chi connectivity index (χ4v) is 4.92. The number of carbonyl (C=O) groups excluding carboxylic acids is 2. The Kier molecular flexibility index (Phi) is 5.69. The zero-order chi connectivity index (χ0) is 25.5. The Hall–Kier alpha value is -4.50. The second kappa shape index (κ2) is 9.18. The number of hydrogen-bond donors (Lipinski definition) is 3. The standard InChI is InChI=1S/C28H26N6O3/c1-33-16-19-14-17(2-8-21(19)27(33)36)3-9-23-25-22(28(37)34-12-10-29-11-13-34)15-24(30-26(25)32-31-23)18-4-6-20(35)7-5-18/h2-9,14-15,29,35H,10-13,16H2,1H3,(H,30,31,32)/b9-3+. The second-order valence-electron chi connectivity index (χ2n) is 9.39. The van der Waals surface area contributed by atoms with Gasteiger partial charge in [-0.2, -0.15) is 5.10 Å². The van der Waals surface area contributed by atoms with Gasteiger partial charge in [0.25, 0.3) is 11.8 Å². The largest absolute Gasteiger partial charge is 0.508 e. The van der Waals surface area contributed by atoms with Crippen LogP contribution in [0.2, 0.25) is 0 Å². The molecule has 9 heteroatoms. The van der Waals surface area contributed by atoms with Crippen molar-refractivity contribution in [2.45, 2.75) is 6.54 Å². The van der Waals surface area contributed by atoms with Crippen LogP contribution >= 0.6 is 0 Å². The van der Waals surface area contributed by atoms with Crippen LogP contribution in [0, 0.1) is 0 Å². The van der Waals surface area contributed by atoms with E-state index in [4.69, 9.17) is 4.98 Å². The number of H-pyrrole nitrogens is 1. The van der Waals surface area contributed by atoms with Gasteiger partial charge in [0.2, 0.25) is 0 Å². The van der Waals surface area contributed by atoms with Gasteiger partial charge in [0.05, 0.1) is 22.3 Å². The normalized spacial score (nSPS) is 15.6. The van der Waals surface area contributed by atoms with Crippen molar-refractivity contribution in [2.75, 3.05) is 33.2 Å². The van der Waals surface area contributed by atoms with Crippen LogP contribution in [0.5, 0.6) is 5.75 Å². The van der Waals surface area contributed by atoms with Gasteiger partial charge in [-0.05, 0) is 59.7 Å². The summed E-state index contributed by atoms with van der Waals surface area (Å²) in [7, 11) is 1.80. The molecular weight excluding hydrogens is 468 g/mol. The molecule has 1 saturated heterocycles. The minimum Gasteiger partial charge on any atom is -0.508 e. The highest BCUT2D eigenvalue weighted by atomic mass is 16.3. The van der Waals surface area contributed by atoms with E-state index in [-0.39, 0.29) is 17.6 Å². The summed E-state index contributed by atoms with van der Waals surface area (Å²) in [6.07, 6.45) is 3.84. The Morgan fingerprint density at radius 3 is 2.62 bits per heavy atom. The van der Waals surface area contributed by atoms with Crippen LogP contribution in [-0.2, 0) is 6.54 Å². The van der Waals surface area contributed by atoms with E-state index in [0.29, 0.717) is 47.6 Å². The summed E-state index contributed by atoms with van der Waals surface area (Å²) in [6.45, 7) is 3.35. The van der Waals surface area contributed by atoms with Gasteiger partial charge in [-0.15, -0.1) is 0 Å². The predicted molar refractivity (Wildman–Crippen MR) is 141 cm³/mol. The van der Waals surface area contributed by atoms with E-state index in [9.17, 15) is 14.7 Å². The lowest BCUT2D eigenvalue weighted by atomic mass is 10.0. The summed E-state index contributed by atoms with van der Waals surface area (Å²) >= 11 is 0. The minimum atomic E-state index is -0.0657. The van der Waals surface area contributed by atoms with Crippen LogP contribution < -0.4 is 5.32 Å². The highest BCUT2D eigenvalue weighted by molar-refractivity contribution is 6.09. The van der Waals surface area contributed by atoms with Gasteiger partial charge in [0.15, 0.2) is 5.65 Å². The molecule has 37 heavy (non-hydrogen) atoms. The molecule has 2 aromatic carbocycles. The second-order valence-corrected chi connectivity index (χ2v) is 9.39.